The van der Waals surface area contributed by atoms with Gasteiger partial charge in [0.15, 0.2) is 0 Å². The molecule has 0 fully saturated rings. The Labute approximate surface area is 79.2 Å². The number of hydrogen-bond acceptors (Lipinski definition) is 4. The molecule has 0 heterocycles. The van der Waals surface area contributed by atoms with Gasteiger partial charge in [0.1, 0.15) is 6.61 Å². The lowest BCUT2D eigenvalue weighted by atomic mass is 10.4. The van der Waals surface area contributed by atoms with Crippen molar-refractivity contribution in [3.8, 4) is 0 Å². The molecule has 0 aromatic carbocycles. The van der Waals surface area contributed by atoms with Gasteiger partial charge in [0, 0.05) is 7.11 Å². The van der Waals surface area contributed by atoms with Gasteiger partial charge in [0.2, 0.25) is 0 Å². The molecule has 0 saturated carbocycles. The van der Waals surface area contributed by atoms with E-state index in [0.29, 0.717) is 19.8 Å². The van der Waals surface area contributed by atoms with Crippen LogP contribution in [0.1, 0.15) is 19.8 Å². The molecule has 0 N–H and O–H groups in total. The van der Waals surface area contributed by atoms with Gasteiger partial charge in [-0.2, -0.15) is 0 Å². The maximum atomic E-state index is 10.9. The summed E-state index contributed by atoms with van der Waals surface area (Å²) in [4.78, 5) is 10.9. The number of carbonyl (C=O) groups excluding carboxylic acids is 1. The quantitative estimate of drug-likeness (QED) is 0.423. The number of hydrogen-bond donors (Lipinski definition) is 0. The number of carbonyl (C=O) groups is 1. The molecule has 0 amide bonds. The van der Waals surface area contributed by atoms with Gasteiger partial charge in [-0.05, 0) is 6.42 Å². The van der Waals surface area contributed by atoms with E-state index in [1.807, 2.05) is 6.92 Å². The van der Waals surface area contributed by atoms with Crippen molar-refractivity contribution in [1.82, 2.24) is 0 Å². The standard InChI is InChI=1S/C9H18O4/c1-3-4-5-13-9(10)8-12-7-6-11-2/h3-8H2,1-2H3. The molecule has 0 atom stereocenters. The lowest BCUT2D eigenvalue weighted by Crippen LogP contribution is -2.15. The highest BCUT2D eigenvalue weighted by Gasteiger charge is 2.01. The van der Waals surface area contributed by atoms with Crippen LogP contribution in [0.5, 0.6) is 0 Å². The molecule has 0 aliphatic rings. The van der Waals surface area contributed by atoms with Crippen molar-refractivity contribution in [2.75, 3.05) is 33.5 Å². The van der Waals surface area contributed by atoms with E-state index in [1.165, 1.54) is 0 Å². The summed E-state index contributed by atoms with van der Waals surface area (Å²) in [6, 6.07) is 0. The molecule has 0 bridgehead atoms. The van der Waals surface area contributed by atoms with Crippen LogP contribution < -0.4 is 0 Å². The zero-order valence-corrected chi connectivity index (χ0v) is 8.38. The molecule has 0 aromatic rings. The molecule has 4 nitrogen and oxygen atoms in total. The SMILES string of the molecule is CCCCOC(=O)COCCOC. The molecule has 0 aliphatic heterocycles. The van der Waals surface area contributed by atoms with Crippen LogP contribution in [0.2, 0.25) is 0 Å². The van der Waals surface area contributed by atoms with Crippen molar-refractivity contribution in [3.63, 3.8) is 0 Å². The second-order valence-corrected chi connectivity index (χ2v) is 2.62. The first-order valence-electron chi connectivity index (χ1n) is 4.53. The minimum atomic E-state index is -0.301. The largest absolute Gasteiger partial charge is 0.464 e. The molecular weight excluding hydrogens is 172 g/mol. The van der Waals surface area contributed by atoms with Crippen LogP contribution in [0.3, 0.4) is 0 Å². The van der Waals surface area contributed by atoms with Crippen LogP contribution in [0.25, 0.3) is 0 Å². The van der Waals surface area contributed by atoms with E-state index in [9.17, 15) is 4.79 Å². The van der Waals surface area contributed by atoms with Gasteiger partial charge in [-0.25, -0.2) is 4.79 Å². The Morgan fingerprint density at radius 3 is 2.62 bits per heavy atom. The fourth-order valence-electron chi connectivity index (χ4n) is 0.670. The predicted molar refractivity (Wildman–Crippen MR) is 48.6 cm³/mol. The van der Waals surface area contributed by atoms with E-state index < -0.39 is 0 Å². The molecule has 0 radical (unpaired) electrons. The average Bonchev–Trinajstić information content (AvgIpc) is 2.13. The summed E-state index contributed by atoms with van der Waals surface area (Å²) in [5, 5.41) is 0. The highest BCUT2D eigenvalue weighted by molar-refractivity contribution is 5.70. The third-order valence-corrected chi connectivity index (χ3v) is 1.41. The fourth-order valence-corrected chi connectivity index (χ4v) is 0.670. The summed E-state index contributed by atoms with van der Waals surface area (Å²) in [6.45, 7) is 3.49. The molecule has 0 unspecified atom stereocenters. The molecule has 4 heteroatoms. The molecule has 0 rings (SSSR count). The van der Waals surface area contributed by atoms with Crippen molar-refractivity contribution < 1.29 is 19.0 Å². The molecule has 0 saturated heterocycles. The summed E-state index contributed by atoms with van der Waals surface area (Å²) in [7, 11) is 1.59. The topological polar surface area (TPSA) is 44.8 Å². The number of esters is 1. The summed E-state index contributed by atoms with van der Waals surface area (Å²) in [5.74, 6) is -0.301. The average molecular weight is 190 g/mol. The highest BCUT2D eigenvalue weighted by Crippen LogP contribution is 1.89. The Hall–Kier alpha value is -0.610. The first kappa shape index (κ1) is 12.4. The van der Waals surface area contributed by atoms with E-state index in [4.69, 9.17) is 14.2 Å². The van der Waals surface area contributed by atoms with E-state index in [0.717, 1.165) is 12.8 Å². The number of rotatable bonds is 8. The van der Waals surface area contributed by atoms with Crippen LogP contribution in [-0.4, -0.2) is 39.5 Å². The van der Waals surface area contributed by atoms with Gasteiger partial charge in [0.25, 0.3) is 0 Å². The smallest absolute Gasteiger partial charge is 0.332 e. The van der Waals surface area contributed by atoms with Crippen LogP contribution >= 0.6 is 0 Å². The molecule has 0 aliphatic carbocycles. The lowest BCUT2D eigenvalue weighted by Gasteiger charge is -2.04. The summed E-state index contributed by atoms with van der Waals surface area (Å²) in [5.41, 5.74) is 0. The van der Waals surface area contributed by atoms with Crippen molar-refractivity contribution in [3.05, 3.63) is 0 Å². The van der Waals surface area contributed by atoms with Gasteiger partial charge < -0.3 is 14.2 Å². The van der Waals surface area contributed by atoms with Gasteiger partial charge in [-0.3, -0.25) is 0 Å². The maximum absolute atomic E-state index is 10.9. The number of methoxy groups -OCH3 is 1. The minimum absolute atomic E-state index is 0.0209. The number of ether oxygens (including phenoxy) is 3. The third-order valence-electron chi connectivity index (χ3n) is 1.41. The number of unbranched alkanes of at least 4 members (excludes halogenated alkanes) is 1. The molecule has 0 spiro atoms. The molecule has 78 valence electrons. The van der Waals surface area contributed by atoms with Crippen LogP contribution in [0.4, 0.5) is 0 Å². The maximum Gasteiger partial charge on any atom is 0.332 e. The second-order valence-electron chi connectivity index (χ2n) is 2.62. The minimum Gasteiger partial charge on any atom is -0.464 e. The Balaban J connectivity index is 3.11. The Morgan fingerprint density at radius 1 is 1.23 bits per heavy atom. The van der Waals surface area contributed by atoms with E-state index >= 15 is 0 Å². The second kappa shape index (κ2) is 9.48. The molecule has 0 aromatic heterocycles. The highest BCUT2D eigenvalue weighted by atomic mass is 16.6. The van der Waals surface area contributed by atoms with Gasteiger partial charge in [-0.1, -0.05) is 13.3 Å². The van der Waals surface area contributed by atoms with Gasteiger partial charge in [0.05, 0.1) is 19.8 Å². The zero-order chi connectivity index (χ0) is 9.94. The van der Waals surface area contributed by atoms with Crippen molar-refractivity contribution in [1.29, 1.82) is 0 Å². The Kier molecular flexibility index (Phi) is 9.03. The Morgan fingerprint density at radius 2 is 2.00 bits per heavy atom. The zero-order valence-electron chi connectivity index (χ0n) is 8.38. The van der Waals surface area contributed by atoms with Crippen LogP contribution in [-0.2, 0) is 19.0 Å². The summed E-state index contributed by atoms with van der Waals surface area (Å²) < 4.78 is 14.6. The molecule has 13 heavy (non-hydrogen) atoms. The van der Waals surface area contributed by atoms with E-state index in [1.54, 1.807) is 7.11 Å². The van der Waals surface area contributed by atoms with E-state index in [-0.39, 0.29) is 12.6 Å². The molecular formula is C9H18O4. The van der Waals surface area contributed by atoms with Crippen LogP contribution in [0.15, 0.2) is 0 Å². The summed E-state index contributed by atoms with van der Waals surface area (Å²) >= 11 is 0. The van der Waals surface area contributed by atoms with Gasteiger partial charge in [-0.15, -0.1) is 0 Å². The van der Waals surface area contributed by atoms with Crippen molar-refractivity contribution in [2.45, 2.75) is 19.8 Å². The Bertz CT molecular complexity index is 125. The van der Waals surface area contributed by atoms with Crippen molar-refractivity contribution >= 4 is 5.97 Å². The van der Waals surface area contributed by atoms with Gasteiger partial charge >= 0.3 is 5.97 Å². The lowest BCUT2D eigenvalue weighted by molar-refractivity contribution is -0.149. The van der Waals surface area contributed by atoms with E-state index in [2.05, 4.69) is 0 Å². The van der Waals surface area contributed by atoms with Crippen molar-refractivity contribution in [2.24, 2.45) is 0 Å². The first-order chi connectivity index (χ1) is 6.31. The normalized spacial score (nSPS) is 10.0. The predicted octanol–water partition coefficient (Wildman–Crippen LogP) is 0.993. The van der Waals surface area contributed by atoms with Crippen LogP contribution in [0, 0.1) is 0 Å². The monoisotopic (exact) mass is 190 g/mol. The third kappa shape index (κ3) is 9.30. The summed E-state index contributed by atoms with van der Waals surface area (Å²) in [6.07, 6.45) is 1.93. The fraction of sp³-hybridized carbons (Fsp3) is 0.889. The first-order valence-corrected chi connectivity index (χ1v) is 4.53.